The topological polar surface area (TPSA) is 32.8 Å². The first kappa shape index (κ1) is 15.8. The van der Waals surface area contributed by atoms with Crippen LogP contribution in [-0.2, 0) is 9.53 Å². The van der Waals surface area contributed by atoms with Crippen LogP contribution in [0.3, 0.4) is 0 Å². The van der Waals surface area contributed by atoms with Crippen LogP contribution in [0.15, 0.2) is 0 Å². The van der Waals surface area contributed by atoms with Crippen molar-refractivity contribution in [2.75, 3.05) is 45.9 Å². The third-order valence-electron chi connectivity index (χ3n) is 4.78. The Bertz CT molecular complexity index is 316. The molecule has 20 heavy (non-hydrogen) atoms. The smallest absolute Gasteiger partial charge is 0.229 e. The van der Waals surface area contributed by atoms with Crippen LogP contribution in [0.25, 0.3) is 0 Å². The predicted octanol–water partition coefficient (Wildman–Crippen LogP) is 1.99. The average Bonchev–Trinajstić information content (AvgIpc) is 2.47. The molecule has 0 radical (unpaired) electrons. The van der Waals surface area contributed by atoms with Crippen LogP contribution in [-0.4, -0.2) is 61.6 Å². The van der Waals surface area contributed by atoms with Crippen LogP contribution in [0.5, 0.6) is 0 Å². The Morgan fingerprint density at radius 1 is 1.15 bits per heavy atom. The van der Waals surface area contributed by atoms with E-state index in [-0.39, 0.29) is 5.41 Å². The molecule has 2 heterocycles. The Balaban J connectivity index is 1.86. The molecule has 0 aromatic heterocycles. The SMILES string of the molecule is CCC1CCN(C(=O)C(C)(C)CN2CCOCC2)CC1. The van der Waals surface area contributed by atoms with E-state index in [0.717, 1.165) is 51.9 Å². The summed E-state index contributed by atoms with van der Waals surface area (Å²) in [6.07, 6.45) is 3.60. The molecule has 0 aromatic rings. The second-order valence-electron chi connectivity index (χ2n) is 6.92. The van der Waals surface area contributed by atoms with Gasteiger partial charge < -0.3 is 9.64 Å². The number of nitrogens with zero attached hydrogens (tertiary/aromatic N) is 2. The van der Waals surface area contributed by atoms with E-state index in [1.165, 1.54) is 19.3 Å². The molecule has 2 aliphatic rings. The van der Waals surface area contributed by atoms with E-state index in [1.54, 1.807) is 0 Å². The number of likely N-dealkylation sites (tertiary alicyclic amines) is 1. The van der Waals surface area contributed by atoms with Crippen LogP contribution in [0.4, 0.5) is 0 Å². The normalized spacial score (nSPS) is 23.1. The van der Waals surface area contributed by atoms with Crippen LogP contribution in [0.2, 0.25) is 0 Å². The fourth-order valence-corrected chi connectivity index (χ4v) is 3.36. The van der Waals surface area contributed by atoms with E-state index in [2.05, 4.69) is 30.6 Å². The maximum Gasteiger partial charge on any atom is 0.229 e. The largest absolute Gasteiger partial charge is 0.379 e. The molecule has 2 fully saturated rings. The summed E-state index contributed by atoms with van der Waals surface area (Å²) in [6.45, 7) is 12.7. The molecule has 4 nitrogen and oxygen atoms in total. The highest BCUT2D eigenvalue weighted by molar-refractivity contribution is 5.82. The molecule has 0 unspecified atom stereocenters. The molecule has 0 saturated carbocycles. The molecule has 2 saturated heterocycles. The Hall–Kier alpha value is -0.610. The van der Waals surface area contributed by atoms with E-state index in [4.69, 9.17) is 4.74 Å². The Kier molecular flexibility index (Phi) is 5.44. The highest BCUT2D eigenvalue weighted by atomic mass is 16.5. The quantitative estimate of drug-likeness (QED) is 0.790. The Morgan fingerprint density at radius 2 is 1.75 bits per heavy atom. The highest BCUT2D eigenvalue weighted by Crippen LogP contribution is 2.26. The molecule has 0 atom stereocenters. The summed E-state index contributed by atoms with van der Waals surface area (Å²) < 4.78 is 5.38. The highest BCUT2D eigenvalue weighted by Gasteiger charge is 2.35. The molecular weight excluding hydrogens is 252 g/mol. The second kappa shape index (κ2) is 6.90. The molecule has 4 heteroatoms. The van der Waals surface area contributed by atoms with Gasteiger partial charge in [0.05, 0.1) is 18.6 Å². The van der Waals surface area contributed by atoms with Crippen LogP contribution >= 0.6 is 0 Å². The lowest BCUT2D eigenvalue weighted by molar-refractivity contribution is -0.143. The molecule has 2 rings (SSSR count). The van der Waals surface area contributed by atoms with Crippen LogP contribution < -0.4 is 0 Å². The zero-order valence-corrected chi connectivity index (χ0v) is 13.4. The Labute approximate surface area is 123 Å². The van der Waals surface area contributed by atoms with Gasteiger partial charge in [-0.15, -0.1) is 0 Å². The Morgan fingerprint density at radius 3 is 2.30 bits per heavy atom. The van der Waals surface area contributed by atoms with E-state index in [9.17, 15) is 4.79 Å². The molecule has 0 spiro atoms. The first-order valence-corrected chi connectivity index (χ1v) is 8.12. The summed E-state index contributed by atoms with van der Waals surface area (Å²) in [5, 5.41) is 0. The average molecular weight is 282 g/mol. The van der Waals surface area contributed by atoms with Gasteiger partial charge in [-0.05, 0) is 32.6 Å². The van der Waals surface area contributed by atoms with Gasteiger partial charge >= 0.3 is 0 Å². The van der Waals surface area contributed by atoms with Gasteiger partial charge in [-0.2, -0.15) is 0 Å². The number of carbonyl (C=O) groups is 1. The van der Waals surface area contributed by atoms with Gasteiger partial charge in [0.25, 0.3) is 0 Å². The second-order valence-corrected chi connectivity index (χ2v) is 6.92. The number of hydrogen-bond donors (Lipinski definition) is 0. The molecule has 116 valence electrons. The first-order valence-electron chi connectivity index (χ1n) is 8.12. The van der Waals surface area contributed by atoms with E-state index < -0.39 is 0 Å². The van der Waals surface area contributed by atoms with Gasteiger partial charge in [0.1, 0.15) is 0 Å². The molecule has 0 bridgehead atoms. The zero-order chi connectivity index (χ0) is 14.6. The summed E-state index contributed by atoms with van der Waals surface area (Å²) >= 11 is 0. The summed E-state index contributed by atoms with van der Waals surface area (Å²) in [6, 6.07) is 0. The van der Waals surface area contributed by atoms with Crippen molar-refractivity contribution in [3.05, 3.63) is 0 Å². The van der Waals surface area contributed by atoms with Gasteiger partial charge in [-0.25, -0.2) is 0 Å². The van der Waals surface area contributed by atoms with Gasteiger partial charge in [0, 0.05) is 32.7 Å². The third-order valence-corrected chi connectivity index (χ3v) is 4.78. The molecule has 1 amide bonds. The number of hydrogen-bond acceptors (Lipinski definition) is 3. The molecule has 0 aromatic carbocycles. The lowest BCUT2D eigenvalue weighted by Gasteiger charge is -2.39. The maximum absolute atomic E-state index is 12.8. The molecule has 0 N–H and O–H groups in total. The van der Waals surface area contributed by atoms with Crippen molar-refractivity contribution in [1.29, 1.82) is 0 Å². The zero-order valence-electron chi connectivity index (χ0n) is 13.4. The van der Waals surface area contributed by atoms with Crippen molar-refractivity contribution < 1.29 is 9.53 Å². The lowest BCUT2D eigenvalue weighted by Crippen LogP contribution is -2.51. The van der Waals surface area contributed by atoms with E-state index in [1.807, 2.05) is 0 Å². The van der Waals surface area contributed by atoms with Crippen molar-refractivity contribution in [2.45, 2.75) is 40.0 Å². The number of morpholine rings is 1. The fraction of sp³-hybridized carbons (Fsp3) is 0.938. The predicted molar refractivity (Wildman–Crippen MR) is 80.6 cm³/mol. The summed E-state index contributed by atoms with van der Waals surface area (Å²) in [5.41, 5.74) is -0.281. The van der Waals surface area contributed by atoms with Crippen molar-refractivity contribution in [3.63, 3.8) is 0 Å². The fourth-order valence-electron chi connectivity index (χ4n) is 3.36. The maximum atomic E-state index is 12.8. The number of carbonyl (C=O) groups excluding carboxylic acids is 1. The summed E-state index contributed by atoms with van der Waals surface area (Å²) in [4.78, 5) is 17.2. The van der Waals surface area contributed by atoms with E-state index in [0.29, 0.717) is 5.91 Å². The third kappa shape index (κ3) is 3.95. The lowest BCUT2D eigenvalue weighted by atomic mass is 9.88. The molecular formula is C16H30N2O2. The van der Waals surface area contributed by atoms with Gasteiger partial charge in [-0.1, -0.05) is 13.3 Å². The van der Waals surface area contributed by atoms with Crippen molar-refractivity contribution in [2.24, 2.45) is 11.3 Å². The minimum atomic E-state index is -0.281. The summed E-state index contributed by atoms with van der Waals surface area (Å²) in [7, 11) is 0. The number of rotatable bonds is 4. The number of piperidine rings is 1. The monoisotopic (exact) mass is 282 g/mol. The minimum absolute atomic E-state index is 0.281. The number of ether oxygens (including phenoxy) is 1. The van der Waals surface area contributed by atoms with Crippen LogP contribution in [0.1, 0.15) is 40.0 Å². The standard InChI is InChI=1S/C16H30N2O2/c1-4-14-5-7-18(8-6-14)15(19)16(2,3)13-17-9-11-20-12-10-17/h14H,4-13H2,1-3H3. The molecule has 2 aliphatic heterocycles. The van der Waals surface area contributed by atoms with Gasteiger partial charge in [0.2, 0.25) is 5.91 Å². The van der Waals surface area contributed by atoms with Gasteiger partial charge in [-0.3, -0.25) is 9.69 Å². The van der Waals surface area contributed by atoms with Crippen molar-refractivity contribution in [3.8, 4) is 0 Å². The van der Waals surface area contributed by atoms with E-state index >= 15 is 0 Å². The molecule has 0 aliphatic carbocycles. The van der Waals surface area contributed by atoms with Crippen molar-refractivity contribution in [1.82, 2.24) is 9.80 Å². The first-order chi connectivity index (χ1) is 9.53. The number of amides is 1. The minimum Gasteiger partial charge on any atom is -0.379 e. The van der Waals surface area contributed by atoms with Crippen LogP contribution in [0, 0.1) is 11.3 Å². The summed E-state index contributed by atoms with van der Waals surface area (Å²) in [5.74, 6) is 1.15. The van der Waals surface area contributed by atoms with Gasteiger partial charge in [0.15, 0.2) is 0 Å². The van der Waals surface area contributed by atoms with Crippen molar-refractivity contribution >= 4 is 5.91 Å².